The molecule has 23 heavy (non-hydrogen) atoms. The van der Waals surface area contributed by atoms with Gasteiger partial charge in [-0.2, -0.15) is 0 Å². The molecule has 2 aromatic rings. The lowest BCUT2D eigenvalue weighted by Crippen LogP contribution is -2.07. The molecule has 120 valence electrons. The van der Waals surface area contributed by atoms with Crippen molar-refractivity contribution in [3.05, 3.63) is 69.3 Å². The molecule has 0 bridgehead atoms. The van der Waals surface area contributed by atoms with Crippen molar-refractivity contribution in [3.8, 4) is 5.75 Å². The Hall–Kier alpha value is -2.89. The molecular formula is C17H17NO5. The Morgan fingerprint density at radius 1 is 1.22 bits per heavy atom. The van der Waals surface area contributed by atoms with Gasteiger partial charge in [-0.15, -0.1) is 0 Å². The summed E-state index contributed by atoms with van der Waals surface area (Å²) >= 11 is 0. The normalized spacial score (nSPS) is 10.2. The third kappa shape index (κ3) is 4.06. The second kappa shape index (κ2) is 7.40. The number of carbonyl (C=O) groups excluding carboxylic acids is 1. The fraction of sp³-hybridized carbons (Fsp3) is 0.235. The molecule has 2 aromatic carbocycles. The quantitative estimate of drug-likeness (QED) is 0.462. The molecule has 0 saturated heterocycles. The smallest absolute Gasteiger partial charge is 0.338 e. The summed E-state index contributed by atoms with van der Waals surface area (Å²) in [5.74, 6) is 0.136. The van der Waals surface area contributed by atoms with Crippen molar-refractivity contribution in [3.63, 3.8) is 0 Å². The minimum absolute atomic E-state index is 0.0248. The maximum Gasteiger partial charge on any atom is 0.338 e. The minimum Gasteiger partial charge on any atom is -0.493 e. The number of carbonyl (C=O) groups is 1. The molecular weight excluding hydrogens is 298 g/mol. The fourth-order valence-electron chi connectivity index (χ4n) is 2.13. The highest BCUT2D eigenvalue weighted by Gasteiger charge is 2.15. The first-order chi connectivity index (χ1) is 11.0. The predicted octanol–water partition coefficient (Wildman–Crippen LogP) is 3.66. The van der Waals surface area contributed by atoms with E-state index in [1.54, 1.807) is 6.92 Å². The number of aryl methyl sites for hydroxylation is 1. The maximum atomic E-state index is 12.1. The number of esters is 1. The number of rotatable bonds is 6. The number of nitro groups is 1. The van der Waals surface area contributed by atoms with Crippen LogP contribution < -0.4 is 4.74 Å². The van der Waals surface area contributed by atoms with Gasteiger partial charge in [-0.1, -0.05) is 18.2 Å². The highest BCUT2D eigenvalue weighted by molar-refractivity contribution is 5.90. The first-order valence-corrected chi connectivity index (χ1v) is 7.15. The summed E-state index contributed by atoms with van der Waals surface area (Å²) in [5.41, 5.74) is 1.44. The van der Waals surface area contributed by atoms with E-state index in [0.717, 1.165) is 5.56 Å². The van der Waals surface area contributed by atoms with Crippen LogP contribution >= 0.6 is 0 Å². The first-order valence-electron chi connectivity index (χ1n) is 7.15. The lowest BCUT2D eigenvalue weighted by Gasteiger charge is -2.10. The van der Waals surface area contributed by atoms with Crippen LogP contribution in [0.25, 0.3) is 0 Å². The van der Waals surface area contributed by atoms with Crippen LogP contribution in [0.4, 0.5) is 5.69 Å². The van der Waals surface area contributed by atoms with Gasteiger partial charge in [-0.05, 0) is 32.0 Å². The Bertz CT molecular complexity index is 727. The van der Waals surface area contributed by atoms with Crippen molar-refractivity contribution < 1.29 is 19.2 Å². The third-order valence-corrected chi connectivity index (χ3v) is 3.26. The van der Waals surface area contributed by atoms with E-state index in [2.05, 4.69) is 0 Å². The number of hydrogen-bond acceptors (Lipinski definition) is 5. The van der Waals surface area contributed by atoms with Crippen LogP contribution in [0.3, 0.4) is 0 Å². The molecule has 0 radical (unpaired) electrons. The summed E-state index contributed by atoms with van der Waals surface area (Å²) in [6, 6.07) is 11.5. The van der Waals surface area contributed by atoms with Crippen LogP contribution in [0.2, 0.25) is 0 Å². The molecule has 0 unspecified atom stereocenters. The summed E-state index contributed by atoms with van der Waals surface area (Å²) in [5, 5.41) is 10.8. The number of hydrogen-bond donors (Lipinski definition) is 0. The molecule has 6 nitrogen and oxygen atoms in total. The van der Waals surface area contributed by atoms with E-state index in [1.807, 2.05) is 31.2 Å². The highest BCUT2D eigenvalue weighted by Crippen LogP contribution is 2.21. The standard InChI is InChI=1S/C17H17NO5/c1-3-22-16-7-5-4-6-14(16)11-23-17(19)13-8-9-15(18(20)21)12(2)10-13/h4-10H,3,11H2,1-2H3. The summed E-state index contributed by atoms with van der Waals surface area (Å²) in [7, 11) is 0. The van der Waals surface area contributed by atoms with Gasteiger partial charge in [0.25, 0.3) is 5.69 Å². The van der Waals surface area contributed by atoms with E-state index in [-0.39, 0.29) is 17.9 Å². The van der Waals surface area contributed by atoms with E-state index in [4.69, 9.17) is 9.47 Å². The average molecular weight is 315 g/mol. The summed E-state index contributed by atoms with van der Waals surface area (Å²) in [6.07, 6.45) is 0. The molecule has 0 fully saturated rings. The SMILES string of the molecule is CCOc1ccccc1COC(=O)c1ccc([N+](=O)[O-])c(C)c1. The third-order valence-electron chi connectivity index (χ3n) is 3.26. The van der Waals surface area contributed by atoms with Gasteiger partial charge in [0.05, 0.1) is 17.1 Å². The highest BCUT2D eigenvalue weighted by atomic mass is 16.6. The molecule has 0 aliphatic carbocycles. The molecule has 0 aliphatic rings. The number of benzene rings is 2. The predicted molar refractivity (Wildman–Crippen MR) is 84.6 cm³/mol. The van der Waals surface area contributed by atoms with Crippen LogP contribution in [-0.2, 0) is 11.3 Å². The summed E-state index contributed by atoms with van der Waals surface area (Å²) in [6.45, 7) is 4.05. The zero-order valence-corrected chi connectivity index (χ0v) is 12.9. The second-order valence-corrected chi connectivity index (χ2v) is 4.88. The molecule has 0 amide bonds. The molecule has 0 spiro atoms. The molecule has 0 atom stereocenters. The van der Waals surface area contributed by atoms with Gasteiger partial charge >= 0.3 is 5.97 Å². The minimum atomic E-state index is -0.533. The number of ether oxygens (including phenoxy) is 2. The average Bonchev–Trinajstić information content (AvgIpc) is 2.53. The summed E-state index contributed by atoms with van der Waals surface area (Å²) < 4.78 is 10.7. The van der Waals surface area contributed by atoms with Crippen molar-refractivity contribution in [2.24, 2.45) is 0 Å². The molecule has 6 heteroatoms. The molecule has 0 heterocycles. The maximum absolute atomic E-state index is 12.1. The van der Waals surface area contributed by atoms with Crippen LogP contribution in [0.15, 0.2) is 42.5 Å². The molecule has 0 aromatic heterocycles. The Labute approximate surface area is 133 Å². The molecule has 0 N–H and O–H groups in total. The van der Waals surface area contributed by atoms with Gasteiger partial charge in [0, 0.05) is 17.2 Å². The Morgan fingerprint density at radius 3 is 2.61 bits per heavy atom. The van der Waals surface area contributed by atoms with E-state index >= 15 is 0 Å². The zero-order chi connectivity index (χ0) is 16.8. The van der Waals surface area contributed by atoms with Crippen molar-refractivity contribution in [1.29, 1.82) is 0 Å². The first kappa shape index (κ1) is 16.5. The van der Waals surface area contributed by atoms with Crippen molar-refractivity contribution in [2.45, 2.75) is 20.5 Å². The summed E-state index contributed by atoms with van der Waals surface area (Å²) in [4.78, 5) is 22.4. The van der Waals surface area contributed by atoms with E-state index in [1.165, 1.54) is 18.2 Å². The zero-order valence-electron chi connectivity index (χ0n) is 12.9. The van der Waals surface area contributed by atoms with Crippen molar-refractivity contribution in [2.75, 3.05) is 6.61 Å². The lowest BCUT2D eigenvalue weighted by atomic mass is 10.1. The Balaban J connectivity index is 2.08. The lowest BCUT2D eigenvalue weighted by molar-refractivity contribution is -0.385. The van der Waals surface area contributed by atoms with Crippen LogP contribution in [-0.4, -0.2) is 17.5 Å². The van der Waals surface area contributed by atoms with Gasteiger partial charge < -0.3 is 9.47 Å². The number of nitro benzene ring substituents is 1. The Morgan fingerprint density at radius 2 is 1.96 bits per heavy atom. The van der Waals surface area contributed by atoms with Gasteiger partial charge in [0.15, 0.2) is 0 Å². The van der Waals surface area contributed by atoms with E-state index in [0.29, 0.717) is 17.9 Å². The van der Waals surface area contributed by atoms with E-state index < -0.39 is 10.9 Å². The Kier molecular flexibility index (Phi) is 5.30. The monoisotopic (exact) mass is 315 g/mol. The van der Waals surface area contributed by atoms with Gasteiger partial charge in [-0.25, -0.2) is 4.79 Å². The molecule has 0 aliphatic heterocycles. The topological polar surface area (TPSA) is 78.7 Å². The molecule has 0 saturated carbocycles. The van der Waals surface area contributed by atoms with Crippen LogP contribution in [0.5, 0.6) is 5.75 Å². The van der Waals surface area contributed by atoms with Crippen molar-refractivity contribution in [1.82, 2.24) is 0 Å². The van der Waals surface area contributed by atoms with Crippen molar-refractivity contribution >= 4 is 11.7 Å². The molecule has 2 rings (SSSR count). The van der Waals surface area contributed by atoms with Crippen LogP contribution in [0.1, 0.15) is 28.4 Å². The van der Waals surface area contributed by atoms with Gasteiger partial charge in [0.2, 0.25) is 0 Å². The van der Waals surface area contributed by atoms with Gasteiger partial charge in [-0.3, -0.25) is 10.1 Å². The fourth-order valence-corrected chi connectivity index (χ4v) is 2.13. The number of para-hydroxylation sites is 1. The second-order valence-electron chi connectivity index (χ2n) is 4.88. The largest absolute Gasteiger partial charge is 0.493 e. The van der Waals surface area contributed by atoms with Gasteiger partial charge in [0.1, 0.15) is 12.4 Å². The van der Waals surface area contributed by atoms with E-state index in [9.17, 15) is 14.9 Å². The number of nitrogens with zero attached hydrogens (tertiary/aromatic N) is 1. The van der Waals surface area contributed by atoms with Crippen LogP contribution in [0, 0.1) is 17.0 Å².